The van der Waals surface area contributed by atoms with Gasteiger partial charge in [0.1, 0.15) is 13.2 Å². The normalized spacial score (nSPS) is 15.0. The van der Waals surface area contributed by atoms with Crippen LogP contribution in [0.4, 0.5) is 0 Å². The van der Waals surface area contributed by atoms with Crippen LogP contribution in [0.2, 0.25) is 0 Å². The average Bonchev–Trinajstić information content (AvgIpc) is 3.04. The number of nitrogens with one attached hydrogen (secondary N) is 1. The number of carbonyl (C=O) groups is 1. The van der Waals surface area contributed by atoms with Crippen molar-refractivity contribution in [2.24, 2.45) is 0 Å². The minimum Gasteiger partial charge on any atom is -0.387 e. The number of aliphatic hydroxyl groups is 1. The number of carbonyl (C=O) groups excluding carboxylic acids is 1. The Kier molecular flexibility index (Phi) is 31.8. The van der Waals surface area contributed by atoms with Crippen LogP contribution >= 0.6 is 7.82 Å². The number of nitrogens with zero attached hydrogens (tertiary/aromatic N) is 1. The fourth-order valence-corrected chi connectivity index (χ4v) is 6.08. The Hall–Kier alpha value is -1.28. The van der Waals surface area contributed by atoms with E-state index in [1.54, 1.807) is 6.08 Å². The molecular formula is C40H78N2O6P+. The van der Waals surface area contributed by atoms with Gasteiger partial charge >= 0.3 is 7.82 Å². The summed E-state index contributed by atoms with van der Waals surface area (Å²) < 4.78 is 23.4. The summed E-state index contributed by atoms with van der Waals surface area (Å²) in [7, 11) is 1.54. The Bertz CT molecular complexity index is 902. The minimum absolute atomic E-state index is 0.0547. The lowest BCUT2D eigenvalue weighted by molar-refractivity contribution is -0.870. The molecule has 8 nitrogen and oxygen atoms in total. The van der Waals surface area contributed by atoms with Crippen LogP contribution in [0.15, 0.2) is 36.5 Å². The molecule has 0 fully saturated rings. The highest BCUT2D eigenvalue weighted by atomic mass is 31.2. The predicted molar refractivity (Wildman–Crippen MR) is 208 cm³/mol. The molecule has 0 aromatic carbocycles. The molecule has 0 heterocycles. The van der Waals surface area contributed by atoms with E-state index in [2.05, 4.69) is 43.5 Å². The number of likely N-dealkylation sites (N-methyl/N-ethyl adjacent to an activating group) is 1. The molecule has 49 heavy (non-hydrogen) atoms. The Morgan fingerprint density at radius 1 is 0.673 bits per heavy atom. The van der Waals surface area contributed by atoms with Gasteiger partial charge in [0, 0.05) is 6.42 Å². The molecule has 0 aromatic rings. The summed E-state index contributed by atoms with van der Waals surface area (Å²) >= 11 is 0. The van der Waals surface area contributed by atoms with Gasteiger partial charge in [0.05, 0.1) is 39.9 Å². The molecule has 0 spiro atoms. The van der Waals surface area contributed by atoms with Crippen molar-refractivity contribution in [3.63, 3.8) is 0 Å². The Labute approximate surface area is 302 Å². The van der Waals surface area contributed by atoms with Crippen LogP contribution < -0.4 is 5.32 Å². The lowest BCUT2D eigenvalue weighted by Gasteiger charge is -2.25. The molecular weight excluding hydrogens is 635 g/mol. The SMILES string of the molecule is CCCCC/C=C/CC/C=C/C(O)C(COP(=O)(O)OCC[N+](C)(C)C)NC(=O)CCCCCCCCC/C=C\CCCCCCCCC. The molecule has 0 rings (SSSR count). The number of hydrogen-bond donors (Lipinski definition) is 3. The van der Waals surface area contributed by atoms with Gasteiger partial charge in [-0.25, -0.2) is 4.57 Å². The zero-order valence-corrected chi connectivity index (χ0v) is 33.3. The molecule has 9 heteroatoms. The van der Waals surface area contributed by atoms with Gasteiger partial charge in [0.25, 0.3) is 0 Å². The number of phosphoric acid groups is 1. The van der Waals surface area contributed by atoms with Gasteiger partial charge in [-0.15, -0.1) is 0 Å². The van der Waals surface area contributed by atoms with Gasteiger partial charge < -0.3 is 19.8 Å². The fraction of sp³-hybridized carbons (Fsp3) is 0.825. The van der Waals surface area contributed by atoms with Gasteiger partial charge in [0.2, 0.25) is 5.91 Å². The third-order valence-electron chi connectivity index (χ3n) is 8.58. The van der Waals surface area contributed by atoms with Crippen LogP contribution in [0.5, 0.6) is 0 Å². The second-order valence-corrected chi connectivity index (χ2v) is 16.1. The lowest BCUT2D eigenvalue weighted by Crippen LogP contribution is -2.45. The van der Waals surface area contributed by atoms with Crippen molar-refractivity contribution in [3.8, 4) is 0 Å². The standard InChI is InChI=1S/C40H77N2O6P/c1-6-8-10-12-14-16-17-18-19-20-21-22-23-24-26-28-30-32-34-40(44)41-38(37-48-49(45,46)47-36-35-42(3,4)5)39(43)33-31-29-27-25-15-13-11-9-7-2/h15,19-20,25,31,33,38-39,43H,6-14,16-18,21-24,26-30,32,34-37H2,1-5H3,(H-,41,44,45,46)/p+1/b20-19-,25-15+,33-31+. The van der Waals surface area contributed by atoms with Crippen molar-refractivity contribution in [2.45, 2.75) is 174 Å². The number of allylic oxidation sites excluding steroid dienone is 5. The van der Waals surface area contributed by atoms with Gasteiger partial charge in [-0.1, -0.05) is 134 Å². The van der Waals surface area contributed by atoms with Crippen molar-refractivity contribution in [3.05, 3.63) is 36.5 Å². The van der Waals surface area contributed by atoms with Gasteiger partial charge in [-0.2, -0.15) is 0 Å². The molecule has 0 aliphatic heterocycles. The van der Waals surface area contributed by atoms with Gasteiger partial charge in [-0.3, -0.25) is 13.8 Å². The largest absolute Gasteiger partial charge is 0.472 e. The number of unbranched alkanes of at least 4 members (excludes halogenated alkanes) is 18. The first-order chi connectivity index (χ1) is 23.5. The summed E-state index contributed by atoms with van der Waals surface area (Å²) in [6, 6.07) is -0.861. The highest BCUT2D eigenvalue weighted by Crippen LogP contribution is 2.43. The molecule has 1 amide bonds. The molecule has 0 saturated carbocycles. The van der Waals surface area contributed by atoms with E-state index in [0.29, 0.717) is 17.4 Å². The van der Waals surface area contributed by atoms with E-state index in [-0.39, 0.29) is 19.1 Å². The third-order valence-corrected chi connectivity index (χ3v) is 9.57. The quantitative estimate of drug-likeness (QED) is 0.0261. The van der Waals surface area contributed by atoms with Crippen LogP contribution in [0.1, 0.15) is 162 Å². The summed E-state index contributed by atoms with van der Waals surface area (Å²) in [5, 5.41) is 13.7. The number of quaternary nitrogens is 1. The molecule has 0 radical (unpaired) electrons. The van der Waals surface area contributed by atoms with Crippen molar-refractivity contribution >= 4 is 13.7 Å². The first-order valence-electron chi connectivity index (χ1n) is 19.9. The van der Waals surface area contributed by atoms with Crippen molar-refractivity contribution < 1.29 is 32.9 Å². The smallest absolute Gasteiger partial charge is 0.387 e. The van der Waals surface area contributed by atoms with Crippen LogP contribution in [-0.4, -0.2) is 73.4 Å². The first kappa shape index (κ1) is 47.7. The topological polar surface area (TPSA) is 105 Å². The van der Waals surface area contributed by atoms with Crippen LogP contribution in [0.25, 0.3) is 0 Å². The summed E-state index contributed by atoms with van der Waals surface area (Å²) in [6.07, 6.45) is 37.9. The van der Waals surface area contributed by atoms with E-state index in [1.807, 2.05) is 27.2 Å². The van der Waals surface area contributed by atoms with E-state index >= 15 is 0 Å². The average molecular weight is 714 g/mol. The van der Waals surface area contributed by atoms with Gasteiger partial charge in [0.15, 0.2) is 0 Å². The van der Waals surface area contributed by atoms with Crippen LogP contribution in [0.3, 0.4) is 0 Å². The maximum absolute atomic E-state index is 12.8. The van der Waals surface area contributed by atoms with E-state index in [9.17, 15) is 19.4 Å². The number of rotatable bonds is 35. The van der Waals surface area contributed by atoms with E-state index in [0.717, 1.165) is 38.5 Å². The molecule has 0 aliphatic carbocycles. The van der Waals surface area contributed by atoms with E-state index < -0.39 is 20.0 Å². The summed E-state index contributed by atoms with van der Waals surface area (Å²) in [5.41, 5.74) is 0. The molecule has 0 aromatic heterocycles. The molecule has 3 atom stereocenters. The first-order valence-corrected chi connectivity index (χ1v) is 21.4. The minimum atomic E-state index is -4.33. The molecule has 0 saturated heterocycles. The van der Waals surface area contributed by atoms with Crippen LogP contribution in [0, 0.1) is 0 Å². The second-order valence-electron chi connectivity index (χ2n) is 14.6. The number of amides is 1. The zero-order valence-electron chi connectivity index (χ0n) is 32.4. The summed E-state index contributed by atoms with van der Waals surface area (Å²) in [6.45, 7) is 4.71. The highest BCUT2D eigenvalue weighted by Gasteiger charge is 2.27. The van der Waals surface area contributed by atoms with Crippen molar-refractivity contribution in [2.75, 3.05) is 40.9 Å². The zero-order chi connectivity index (χ0) is 36.5. The maximum atomic E-state index is 12.8. The van der Waals surface area contributed by atoms with Crippen molar-refractivity contribution in [1.82, 2.24) is 5.32 Å². The molecule has 288 valence electrons. The molecule has 3 unspecified atom stereocenters. The number of phosphoric ester groups is 1. The molecule has 0 bridgehead atoms. The third kappa shape index (κ3) is 34.9. The maximum Gasteiger partial charge on any atom is 0.472 e. The van der Waals surface area contributed by atoms with Crippen molar-refractivity contribution in [1.29, 1.82) is 0 Å². The van der Waals surface area contributed by atoms with E-state index in [4.69, 9.17) is 9.05 Å². The summed E-state index contributed by atoms with van der Waals surface area (Å²) in [5.74, 6) is -0.196. The number of hydrogen-bond acceptors (Lipinski definition) is 5. The Balaban J connectivity index is 4.42. The monoisotopic (exact) mass is 714 g/mol. The lowest BCUT2D eigenvalue weighted by atomic mass is 10.1. The summed E-state index contributed by atoms with van der Waals surface area (Å²) in [4.78, 5) is 23.0. The fourth-order valence-electron chi connectivity index (χ4n) is 5.34. The predicted octanol–water partition coefficient (Wildman–Crippen LogP) is 10.4. The highest BCUT2D eigenvalue weighted by molar-refractivity contribution is 7.47. The molecule has 3 N–H and O–H groups in total. The Morgan fingerprint density at radius 2 is 1.12 bits per heavy atom. The van der Waals surface area contributed by atoms with E-state index in [1.165, 1.54) is 103 Å². The van der Waals surface area contributed by atoms with Gasteiger partial charge in [-0.05, 0) is 57.8 Å². The molecule has 0 aliphatic rings. The van der Waals surface area contributed by atoms with Crippen LogP contribution in [-0.2, 0) is 18.4 Å². The second kappa shape index (κ2) is 32.6. The number of aliphatic hydroxyl groups excluding tert-OH is 1. The Morgan fingerprint density at radius 3 is 1.67 bits per heavy atom.